The third-order valence-electron chi connectivity index (χ3n) is 2.97. The second-order valence-electron chi connectivity index (χ2n) is 5.55. The number of benzene rings is 2. The van der Waals surface area contributed by atoms with Crippen LogP contribution in [0.3, 0.4) is 0 Å². The molecule has 0 fully saturated rings. The fourth-order valence-electron chi connectivity index (χ4n) is 1.78. The maximum absolute atomic E-state index is 2.39. The molecule has 0 nitrogen and oxygen atoms in total. The Morgan fingerprint density at radius 1 is 0.833 bits per heavy atom. The molecule has 0 amide bonds. The van der Waals surface area contributed by atoms with E-state index in [-0.39, 0.29) is 0 Å². The second-order valence-corrected chi connectivity index (χ2v) is 11.7. The summed E-state index contributed by atoms with van der Waals surface area (Å²) >= 11 is 1.90. The fraction of sp³-hybridized carbons (Fsp3) is 0.250. The van der Waals surface area contributed by atoms with Crippen LogP contribution < -0.4 is 5.19 Å². The summed E-state index contributed by atoms with van der Waals surface area (Å²) in [5, 5.41) is 1.54. The Balaban J connectivity index is 1.99. The smallest absolute Gasteiger partial charge is 0.0775 e. The van der Waals surface area contributed by atoms with Gasteiger partial charge in [0, 0.05) is 10.6 Å². The van der Waals surface area contributed by atoms with Gasteiger partial charge in [0.1, 0.15) is 0 Å². The van der Waals surface area contributed by atoms with Crippen molar-refractivity contribution in [2.24, 2.45) is 0 Å². The Morgan fingerprint density at radius 3 is 2.00 bits per heavy atom. The van der Waals surface area contributed by atoms with Gasteiger partial charge in [0.15, 0.2) is 0 Å². The number of hydrogen-bond acceptors (Lipinski definition) is 1. The summed E-state index contributed by atoms with van der Waals surface area (Å²) in [6.07, 6.45) is 0. The lowest BCUT2D eigenvalue weighted by molar-refractivity contribution is 1.38. The van der Waals surface area contributed by atoms with E-state index in [2.05, 4.69) is 74.2 Å². The molecule has 0 bridgehead atoms. The molecule has 18 heavy (non-hydrogen) atoms. The minimum atomic E-state index is -1.15. The molecule has 2 aromatic carbocycles. The Hall–Kier alpha value is -0.993. The van der Waals surface area contributed by atoms with Crippen LogP contribution in [0.25, 0.3) is 0 Å². The van der Waals surface area contributed by atoms with Gasteiger partial charge in [-0.3, -0.25) is 0 Å². The molecule has 94 valence electrons. The molecule has 2 rings (SSSR count). The molecule has 0 spiro atoms. The Morgan fingerprint density at radius 2 is 1.44 bits per heavy atom. The zero-order chi connectivity index (χ0) is 13.0. The summed E-state index contributed by atoms with van der Waals surface area (Å²) < 4.78 is 0. The van der Waals surface area contributed by atoms with Crippen molar-refractivity contribution in [3.05, 3.63) is 60.2 Å². The van der Waals surface area contributed by atoms with Crippen LogP contribution in [0.5, 0.6) is 0 Å². The monoisotopic (exact) mass is 272 g/mol. The molecule has 0 N–H and O–H groups in total. The summed E-state index contributed by atoms with van der Waals surface area (Å²) in [5.41, 5.74) is 1.41. The molecular weight excluding hydrogens is 252 g/mol. The lowest BCUT2D eigenvalue weighted by atomic mass is 10.2. The minimum absolute atomic E-state index is 1.05. The fourth-order valence-corrected chi connectivity index (χ4v) is 3.83. The first kappa shape index (κ1) is 13.4. The number of hydrogen-bond donors (Lipinski definition) is 0. The first-order valence-corrected chi connectivity index (χ1v) is 10.8. The van der Waals surface area contributed by atoms with Crippen molar-refractivity contribution in [1.82, 2.24) is 0 Å². The van der Waals surface area contributed by atoms with Gasteiger partial charge in [-0.2, -0.15) is 0 Å². The van der Waals surface area contributed by atoms with E-state index in [9.17, 15) is 0 Å². The van der Waals surface area contributed by atoms with Crippen molar-refractivity contribution < 1.29 is 0 Å². The summed E-state index contributed by atoms with van der Waals surface area (Å²) in [5.74, 6) is 1.05. The molecule has 0 unspecified atom stereocenters. The highest BCUT2D eigenvalue weighted by atomic mass is 32.2. The van der Waals surface area contributed by atoms with Crippen LogP contribution in [-0.2, 0) is 5.75 Å². The van der Waals surface area contributed by atoms with Gasteiger partial charge >= 0.3 is 0 Å². The summed E-state index contributed by atoms with van der Waals surface area (Å²) in [6, 6.07) is 19.8. The van der Waals surface area contributed by atoms with E-state index in [1.54, 1.807) is 0 Å². The molecule has 0 aliphatic rings. The second kappa shape index (κ2) is 5.76. The molecule has 0 atom stereocenters. The van der Waals surface area contributed by atoms with Gasteiger partial charge in [0.05, 0.1) is 8.07 Å². The van der Waals surface area contributed by atoms with Gasteiger partial charge in [-0.25, -0.2) is 0 Å². The highest BCUT2D eigenvalue weighted by Crippen LogP contribution is 2.21. The van der Waals surface area contributed by atoms with Crippen LogP contribution in [-0.4, -0.2) is 8.07 Å². The highest BCUT2D eigenvalue weighted by molar-refractivity contribution is 7.98. The zero-order valence-electron chi connectivity index (χ0n) is 11.3. The summed E-state index contributed by atoms with van der Waals surface area (Å²) in [6.45, 7) is 7.17. The van der Waals surface area contributed by atoms with E-state index >= 15 is 0 Å². The van der Waals surface area contributed by atoms with E-state index in [0.717, 1.165) is 5.75 Å². The average Bonchev–Trinajstić information content (AvgIpc) is 2.37. The molecule has 2 aromatic rings. The molecular formula is C16H20SSi. The predicted octanol–water partition coefficient (Wildman–Crippen LogP) is 4.52. The van der Waals surface area contributed by atoms with Crippen LogP contribution >= 0.6 is 11.8 Å². The Kier molecular flexibility index (Phi) is 4.30. The minimum Gasteiger partial charge on any atom is -0.121 e. The van der Waals surface area contributed by atoms with E-state index in [1.807, 2.05) is 11.8 Å². The van der Waals surface area contributed by atoms with Gasteiger partial charge < -0.3 is 0 Å². The van der Waals surface area contributed by atoms with Crippen molar-refractivity contribution in [2.45, 2.75) is 30.3 Å². The van der Waals surface area contributed by atoms with Crippen molar-refractivity contribution in [3.63, 3.8) is 0 Å². The van der Waals surface area contributed by atoms with Crippen molar-refractivity contribution in [2.75, 3.05) is 0 Å². The average molecular weight is 272 g/mol. The quantitative estimate of drug-likeness (QED) is 0.582. The molecule has 0 aromatic heterocycles. The van der Waals surface area contributed by atoms with Crippen molar-refractivity contribution in [1.29, 1.82) is 0 Å². The molecule has 2 heteroatoms. The van der Waals surface area contributed by atoms with E-state index in [0.29, 0.717) is 0 Å². The van der Waals surface area contributed by atoms with Gasteiger partial charge in [0.25, 0.3) is 0 Å². The van der Waals surface area contributed by atoms with E-state index < -0.39 is 8.07 Å². The molecule has 0 heterocycles. The Bertz CT molecular complexity index is 483. The molecule has 0 radical (unpaired) electrons. The van der Waals surface area contributed by atoms with Gasteiger partial charge in [-0.1, -0.05) is 67.3 Å². The zero-order valence-corrected chi connectivity index (χ0v) is 13.1. The maximum Gasteiger partial charge on any atom is 0.0775 e. The SMILES string of the molecule is C[Si](C)(C)c1ccc(CSc2ccccc2)cc1. The van der Waals surface area contributed by atoms with E-state index in [1.165, 1.54) is 15.6 Å². The largest absolute Gasteiger partial charge is 0.121 e. The van der Waals surface area contributed by atoms with Crippen molar-refractivity contribution >= 4 is 25.0 Å². The van der Waals surface area contributed by atoms with Crippen LogP contribution in [0.2, 0.25) is 19.6 Å². The van der Waals surface area contributed by atoms with Crippen molar-refractivity contribution in [3.8, 4) is 0 Å². The summed E-state index contributed by atoms with van der Waals surface area (Å²) in [7, 11) is -1.15. The lowest BCUT2D eigenvalue weighted by Gasteiger charge is -2.16. The van der Waals surface area contributed by atoms with Crippen LogP contribution in [0.15, 0.2) is 59.5 Å². The standard InChI is InChI=1S/C16H20SSi/c1-18(2,3)16-11-9-14(10-12-16)13-17-15-7-5-4-6-8-15/h4-12H,13H2,1-3H3. The first-order valence-electron chi connectivity index (χ1n) is 6.33. The predicted molar refractivity (Wildman–Crippen MR) is 85.4 cm³/mol. The first-order chi connectivity index (χ1) is 8.55. The maximum atomic E-state index is 2.39. The lowest BCUT2D eigenvalue weighted by Crippen LogP contribution is -2.37. The van der Waals surface area contributed by atoms with Gasteiger partial charge in [-0.05, 0) is 17.7 Å². The molecule has 0 aliphatic carbocycles. The third kappa shape index (κ3) is 3.75. The topological polar surface area (TPSA) is 0 Å². The van der Waals surface area contributed by atoms with Gasteiger partial charge in [0.2, 0.25) is 0 Å². The Labute approximate surface area is 115 Å². The van der Waals surface area contributed by atoms with Crippen LogP contribution in [0, 0.1) is 0 Å². The van der Waals surface area contributed by atoms with Gasteiger partial charge in [-0.15, -0.1) is 11.8 Å². The van der Waals surface area contributed by atoms with Crippen LogP contribution in [0.1, 0.15) is 5.56 Å². The molecule has 0 saturated carbocycles. The molecule has 0 aliphatic heterocycles. The normalized spacial score (nSPS) is 11.5. The number of rotatable bonds is 4. The molecule has 0 saturated heterocycles. The highest BCUT2D eigenvalue weighted by Gasteiger charge is 2.15. The van der Waals surface area contributed by atoms with Crippen LogP contribution in [0.4, 0.5) is 0 Å². The summed E-state index contributed by atoms with van der Waals surface area (Å²) in [4.78, 5) is 1.34. The third-order valence-corrected chi connectivity index (χ3v) is 6.12. The van der Waals surface area contributed by atoms with E-state index in [4.69, 9.17) is 0 Å². The number of thioether (sulfide) groups is 1.